The first kappa shape index (κ1) is 16.7. The fourth-order valence-electron chi connectivity index (χ4n) is 3.42. The van der Waals surface area contributed by atoms with Crippen molar-refractivity contribution >= 4 is 28.8 Å². The van der Waals surface area contributed by atoms with E-state index in [0.717, 1.165) is 10.9 Å². The fourth-order valence-corrected chi connectivity index (χ4v) is 3.42. The Labute approximate surface area is 153 Å². The van der Waals surface area contributed by atoms with Gasteiger partial charge in [-0.2, -0.15) is 10.4 Å². The Kier molecular flexibility index (Phi) is 3.85. The van der Waals surface area contributed by atoms with Crippen LogP contribution in [0.2, 0.25) is 0 Å². The van der Waals surface area contributed by atoms with Gasteiger partial charge in [-0.05, 0) is 42.7 Å². The van der Waals surface area contributed by atoms with Gasteiger partial charge in [0.2, 0.25) is 6.41 Å². The molecular weight excluding hydrogens is 347 g/mol. The molecule has 7 nitrogen and oxygen atoms in total. The summed E-state index contributed by atoms with van der Waals surface area (Å²) in [5.41, 5.74) is 3.43. The van der Waals surface area contributed by atoms with Crippen LogP contribution in [0.15, 0.2) is 30.7 Å². The Bertz CT molecular complexity index is 1230. The number of aromatic nitrogens is 4. The maximum absolute atomic E-state index is 15.1. The highest BCUT2D eigenvalue weighted by atomic mass is 19.1. The van der Waals surface area contributed by atoms with Crippen molar-refractivity contribution < 1.29 is 9.18 Å². The molecule has 134 valence electrons. The van der Waals surface area contributed by atoms with Crippen molar-refractivity contribution in [3.63, 3.8) is 0 Å². The first-order chi connectivity index (χ1) is 13.0. The van der Waals surface area contributed by atoms with Gasteiger partial charge in [-0.25, -0.2) is 9.37 Å². The van der Waals surface area contributed by atoms with Crippen LogP contribution in [-0.2, 0) is 4.79 Å². The molecule has 0 aliphatic heterocycles. The van der Waals surface area contributed by atoms with Gasteiger partial charge >= 0.3 is 0 Å². The van der Waals surface area contributed by atoms with Crippen molar-refractivity contribution in [3.8, 4) is 17.2 Å². The van der Waals surface area contributed by atoms with E-state index in [0.29, 0.717) is 40.1 Å². The number of nitrogens with one attached hydrogen (secondary N) is 2. The number of hydrogen-bond donors (Lipinski definition) is 2. The molecule has 2 N–H and O–H groups in total. The van der Waals surface area contributed by atoms with Crippen molar-refractivity contribution in [1.29, 1.82) is 5.26 Å². The average Bonchev–Trinajstić information content (AvgIpc) is 3.28. The number of imidazole rings is 1. The van der Waals surface area contributed by atoms with E-state index in [9.17, 15) is 10.1 Å². The number of pyridine rings is 1. The summed E-state index contributed by atoms with van der Waals surface area (Å²) >= 11 is 0. The fraction of sp³-hybridized carbons (Fsp3) is 0.158. The molecule has 0 aliphatic rings. The lowest BCUT2D eigenvalue weighted by Gasteiger charge is -2.15. The number of H-pyrrole nitrogens is 1. The molecule has 0 aliphatic carbocycles. The Morgan fingerprint density at radius 3 is 2.96 bits per heavy atom. The molecule has 0 fully saturated rings. The van der Waals surface area contributed by atoms with Gasteiger partial charge in [-0.1, -0.05) is 0 Å². The number of hydrogen-bond acceptors (Lipinski definition) is 4. The Balaban J connectivity index is 1.98. The van der Waals surface area contributed by atoms with Crippen molar-refractivity contribution in [2.24, 2.45) is 0 Å². The lowest BCUT2D eigenvalue weighted by molar-refractivity contribution is -0.105. The minimum atomic E-state index is -0.603. The van der Waals surface area contributed by atoms with Crippen LogP contribution in [0.4, 0.5) is 10.2 Å². The van der Waals surface area contributed by atoms with Crippen LogP contribution in [0.3, 0.4) is 0 Å². The molecule has 27 heavy (non-hydrogen) atoms. The van der Waals surface area contributed by atoms with Gasteiger partial charge in [0.1, 0.15) is 11.5 Å². The van der Waals surface area contributed by atoms with Crippen molar-refractivity contribution in [2.75, 3.05) is 5.32 Å². The molecule has 1 atom stereocenters. The van der Waals surface area contributed by atoms with E-state index < -0.39 is 11.7 Å². The summed E-state index contributed by atoms with van der Waals surface area (Å²) in [5.74, 6) is -0.588. The van der Waals surface area contributed by atoms with Crippen molar-refractivity contribution in [1.82, 2.24) is 19.6 Å². The Morgan fingerprint density at radius 2 is 2.22 bits per heavy atom. The number of nitriles is 1. The standard InChI is InChI=1S/C19H15FN6O/c1-10(5-21)16-18(20)11(2)17(13-6-23-25-19(13)16)12-3-4-15-24-14(22-9-27)8-26(15)7-12/h3-4,6-10H,1-2H3,(H,22,27)(H,23,25). The van der Waals surface area contributed by atoms with E-state index in [1.54, 1.807) is 36.7 Å². The molecule has 1 aromatic carbocycles. The second-order valence-electron chi connectivity index (χ2n) is 6.31. The number of carbonyl (C=O) groups is 1. The highest BCUT2D eigenvalue weighted by Crippen LogP contribution is 2.38. The molecule has 4 rings (SSSR count). The van der Waals surface area contributed by atoms with Crippen LogP contribution < -0.4 is 5.32 Å². The zero-order valence-corrected chi connectivity index (χ0v) is 14.6. The maximum atomic E-state index is 15.1. The zero-order chi connectivity index (χ0) is 19.1. The summed E-state index contributed by atoms with van der Waals surface area (Å²) in [6.07, 6.45) is 5.70. The second-order valence-corrected chi connectivity index (χ2v) is 6.31. The molecule has 3 aromatic heterocycles. The molecule has 0 radical (unpaired) electrons. The second kappa shape index (κ2) is 6.21. The monoisotopic (exact) mass is 362 g/mol. The van der Waals surface area contributed by atoms with Gasteiger partial charge in [0.15, 0.2) is 5.82 Å². The van der Waals surface area contributed by atoms with Crippen LogP contribution in [0, 0.1) is 24.1 Å². The molecular formula is C19H15FN6O. The van der Waals surface area contributed by atoms with Gasteiger partial charge in [-0.15, -0.1) is 0 Å². The molecule has 0 spiro atoms. The van der Waals surface area contributed by atoms with Crippen LogP contribution in [0.5, 0.6) is 0 Å². The SMILES string of the molecule is Cc1c(F)c(C(C)C#N)c2[nH]ncc2c1-c1ccc2nc(NC=O)cn2c1. The Hall–Kier alpha value is -3.73. The van der Waals surface area contributed by atoms with Crippen molar-refractivity contribution in [3.05, 3.63) is 47.7 Å². The summed E-state index contributed by atoms with van der Waals surface area (Å²) in [6.45, 7) is 3.36. The summed E-state index contributed by atoms with van der Waals surface area (Å²) in [7, 11) is 0. The number of nitrogens with zero attached hydrogens (tertiary/aromatic N) is 4. The number of fused-ring (bicyclic) bond motifs is 2. The van der Waals surface area contributed by atoms with E-state index in [-0.39, 0.29) is 0 Å². The molecule has 4 aromatic rings. The number of benzene rings is 1. The zero-order valence-electron chi connectivity index (χ0n) is 14.6. The number of halogens is 1. The summed E-state index contributed by atoms with van der Waals surface area (Å²) < 4.78 is 16.9. The van der Waals surface area contributed by atoms with Gasteiger partial charge in [-0.3, -0.25) is 9.89 Å². The third kappa shape index (κ3) is 2.52. The number of aromatic amines is 1. The van der Waals surface area contributed by atoms with E-state index in [1.807, 2.05) is 12.3 Å². The molecule has 0 saturated carbocycles. The van der Waals surface area contributed by atoms with Crippen LogP contribution >= 0.6 is 0 Å². The number of amides is 1. The van der Waals surface area contributed by atoms with E-state index in [1.165, 1.54) is 0 Å². The summed E-state index contributed by atoms with van der Waals surface area (Å²) in [5, 5.41) is 19.4. The average molecular weight is 362 g/mol. The topological polar surface area (TPSA) is 98.9 Å². The predicted octanol–water partition coefficient (Wildman–Crippen LogP) is 3.52. The van der Waals surface area contributed by atoms with Gasteiger partial charge in [0, 0.05) is 17.1 Å². The third-order valence-electron chi connectivity index (χ3n) is 4.69. The quantitative estimate of drug-likeness (QED) is 0.543. The smallest absolute Gasteiger partial charge is 0.212 e. The largest absolute Gasteiger partial charge is 0.312 e. The molecule has 1 unspecified atom stereocenters. The lowest BCUT2D eigenvalue weighted by Crippen LogP contribution is -2.02. The van der Waals surface area contributed by atoms with Crippen LogP contribution in [0.25, 0.3) is 27.7 Å². The number of carbonyl (C=O) groups excluding carboxylic acids is 1. The predicted molar refractivity (Wildman–Crippen MR) is 98.7 cm³/mol. The summed E-state index contributed by atoms with van der Waals surface area (Å²) in [4.78, 5) is 14.9. The van der Waals surface area contributed by atoms with Gasteiger partial charge in [0.05, 0.1) is 29.9 Å². The Morgan fingerprint density at radius 1 is 1.41 bits per heavy atom. The highest BCUT2D eigenvalue weighted by Gasteiger charge is 2.23. The van der Waals surface area contributed by atoms with Crippen LogP contribution in [0.1, 0.15) is 24.0 Å². The minimum absolute atomic E-state index is 0.326. The molecule has 3 heterocycles. The third-order valence-corrected chi connectivity index (χ3v) is 4.69. The molecule has 0 bridgehead atoms. The summed E-state index contributed by atoms with van der Waals surface area (Å²) in [6, 6.07) is 5.73. The normalized spacial score (nSPS) is 12.2. The lowest BCUT2D eigenvalue weighted by atomic mass is 9.90. The maximum Gasteiger partial charge on any atom is 0.212 e. The molecule has 8 heteroatoms. The van der Waals surface area contributed by atoms with Crippen molar-refractivity contribution in [2.45, 2.75) is 19.8 Å². The van der Waals surface area contributed by atoms with E-state index in [2.05, 4.69) is 26.6 Å². The van der Waals surface area contributed by atoms with Gasteiger partial charge < -0.3 is 9.72 Å². The first-order valence-electron chi connectivity index (χ1n) is 8.29. The minimum Gasteiger partial charge on any atom is -0.312 e. The van der Waals surface area contributed by atoms with Gasteiger partial charge in [0.25, 0.3) is 0 Å². The highest BCUT2D eigenvalue weighted by molar-refractivity contribution is 5.98. The van der Waals surface area contributed by atoms with E-state index >= 15 is 4.39 Å². The number of rotatable bonds is 4. The number of anilines is 1. The molecule has 0 saturated heterocycles. The van der Waals surface area contributed by atoms with Crippen LogP contribution in [-0.4, -0.2) is 26.0 Å². The van der Waals surface area contributed by atoms with E-state index in [4.69, 9.17) is 0 Å². The molecule has 1 amide bonds. The first-order valence-corrected chi connectivity index (χ1v) is 8.29.